The number of likely N-dealkylation sites (N-methyl/N-ethyl adjacent to an activating group) is 1. The summed E-state index contributed by atoms with van der Waals surface area (Å²) in [7, 11) is 1.36. The summed E-state index contributed by atoms with van der Waals surface area (Å²) in [5, 5.41) is 4.53. The second kappa shape index (κ2) is 17.5. The van der Waals surface area contributed by atoms with E-state index < -0.39 is 13.9 Å². The van der Waals surface area contributed by atoms with Crippen molar-refractivity contribution in [3.05, 3.63) is 141 Å². The fraction of sp³-hybridized carbons (Fsp3) is 0.404. The van der Waals surface area contributed by atoms with Crippen LogP contribution in [0.5, 0.6) is 0 Å². The van der Waals surface area contributed by atoms with E-state index in [1.54, 1.807) is 0 Å². The first kappa shape index (κ1) is 43.2. The van der Waals surface area contributed by atoms with Gasteiger partial charge in [0, 0.05) is 34.9 Å². The molecule has 302 valence electrons. The van der Waals surface area contributed by atoms with E-state index in [0.717, 1.165) is 33.4 Å². The zero-order valence-electron chi connectivity index (χ0n) is 35.1. The minimum atomic E-state index is -2.84. The summed E-state index contributed by atoms with van der Waals surface area (Å²) in [4.78, 5) is 27.9. The maximum Gasteiger partial charge on any atom is 0.262 e. The Balaban J connectivity index is 1.36. The highest BCUT2D eigenvalue weighted by atomic mass is 35.5. The molecule has 10 heteroatoms. The third kappa shape index (κ3) is 8.68. The van der Waals surface area contributed by atoms with E-state index in [1.807, 2.05) is 29.2 Å². The molecule has 0 radical (unpaired) electrons. The average molecular weight is 842 g/mol. The number of carbonyl (C=O) groups excluding carboxylic acids is 1. The van der Waals surface area contributed by atoms with E-state index in [4.69, 9.17) is 32.6 Å². The zero-order valence-corrected chi connectivity index (χ0v) is 38.4. The van der Waals surface area contributed by atoms with Gasteiger partial charge in [0.15, 0.2) is 5.17 Å². The fourth-order valence-corrected chi connectivity index (χ4v) is 14.9. The van der Waals surface area contributed by atoms with Gasteiger partial charge in [-0.25, -0.2) is 4.99 Å². The van der Waals surface area contributed by atoms with Gasteiger partial charge in [-0.15, -0.1) is 0 Å². The molecule has 4 aromatic carbocycles. The quantitative estimate of drug-likeness (QED) is 0.118. The topological polar surface area (TPSA) is 48.4 Å². The number of hydrogen-bond donors (Lipinski definition) is 0. The van der Waals surface area contributed by atoms with Gasteiger partial charge in [-0.1, -0.05) is 143 Å². The van der Waals surface area contributed by atoms with Crippen molar-refractivity contribution in [2.24, 2.45) is 10.9 Å². The molecule has 57 heavy (non-hydrogen) atoms. The van der Waals surface area contributed by atoms with Crippen LogP contribution < -0.4 is 10.4 Å². The van der Waals surface area contributed by atoms with Crippen LogP contribution in [-0.4, -0.2) is 73.4 Å². The van der Waals surface area contributed by atoms with Crippen LogP contribution in [-0.2, 0) is 14.8 Å². The molecule has 1 amide bonds. The average Bonchev–Trinajstić information content (AvgIpc) is 3.66. The van der Waals surface area contributed by atoms with Crippen molar-refractivity contribution in [3.63, 3.8) is 0 Å². The van der Waals surface area contributed by atoms with E-state index in [2.05, 4.69) is 164 Å². The standard InChI is InChI=1S/C47H58Cl2N4O2SSi/c1-32(2)41-42(56-45-50-47(8,35-23-27-37(49)28-24-35)43(53(41)45)34-21-25-36(48)26-22-34)44(54)52(33(3)4)30-29-38(31-51(9)10)55-57(46(5,6)7,39-17-13-11-14-18-39)40-19-15-12-16-20-40/h11-28,32-33,38,43H,29-31H2,1-10H3/t38-,43+,47-/m0/s1. The molecule has 0 N–H and O–H groups in total. The number of halogens is 2. The molecule has 0 fully saturated rings. The van der Waals surface area contributed by atoms with Crippen molar-refractivity contribution < 1.29 is 9.22 Å². The van der Waals surface area contributed by atoms with Gasteiger partial charge >= 0.3 is 0 Å². The van der Waals surface area contributed by atoms with E-state index >= 15 is 4.79 Å². The molecule has 3 atom stereocenters. The number of allylic oxidation sites excluding steroid dienone is 1. The number of amidine groups is 1. The van der Waals surface area contributed by atoms with Gasteiger partial charge in [0.1, 0.15) is 10.4 Å². The van der Waals surface area contributed by atoms with Crippen molar-refractivity contribution in [1.29, 1.82) is 0 Å². The van der Waals surface area contributed by atoms with E-state index in [0.29, 0.717) is 23.0 Å². The lowest BCUT2D eigenvalue weighted by molar-refractivity contribution is -0.128. The van der Waals surface area contributed by atoms with Crippen molar-refractivity contribution >= 4 is 64.7 Å². The zero-order chi connectivity index (χ0) is 41.3. The molecule has 6 nitrogen and oxygen atoms in total. The van der Waals surface area contributed by atoms with Crippen molar-refractivity contribution in [2.75, 3.05) is 27.2 Å². The molecule has 2 heterocycles. The maximum absolute atomic E-state index is 15.1. The number of rotatable bonds is 14. The highest BCUT2D eigenvalue weighted by molar-refractivity contribution is 8.18. The second-order valence-corrected chi connectivity index (χ2v) is 23.5. The minimum absolute atomic E-state index is 0.0318. The first-order valence-corrected chi connectivity index (χ1v) is 23.5. The molecule has 2 aliphatic heterocycles. The fourth-order valence-electron chi connectivity index (χ4n) is 8.61. The molecule has 2 aliphatic rings. The molecule has 0 saturated heterocycles. The number of nitrogens with zero attached hydrogens (tertiary/aromatic N) is 4. The Morgan fingerprint density at radius 2 is 1.39 bits per heavy atom. The SMILES string of the molecule is CC(C)C1=C(C(=O)N(CC[C@@H](CN(C)C)O[Si](c2ccccc2)(c2ccccc2)C(C)(C)C)C(C)C)SC2=N[C@@](C)(c3ccc(Cl)cc3)[C@@H](c3ccc(Cl)cc3)N21. The van der Waals surface area contributed by atoms with E-state index in [-0.39, 0.29) is 35.1 Å². The predicted octanol–water partition coefficient (Wildman–Crippen LogP) is 10.4. The first-order chi connectivity index (χ1) is 27.0. The van der Waals surface area contributed by atoms with Crippen LogP contribution in [0, 0.1) is 5.92 Å². The van der Waals surface area contributed by atoms with Crippen molar-refractivity contribution in [3.8, 4) is 0 Å². The highest BCUT2D eigenvalue weighted by Crippen LogP contribution is 2.56. The molecule has 6 rings (SSSR count). The minimum Gasteiger partial charge on any atom is -0.403 e. The molecule has 0 saturated carbocycles. The number of carbonyl (C=O) groups is 1. The Bertz CT molecular complexity index is 2030. The Morgan fingerprint density at radius 1 is 0.860 bits per heavy atom. The summed E-state index contributed by atoms with van der Waals surface area (Å²) in [6.07, 6.45) is 0.561. The summed E-state index contributed by atoms with van der Waals surface area (Å²) in [6.45, 7) is 19.0. The lowest BCUT2D eigenvalue weighted by Crippen LogP contribution is -2.68. The molecule has 0 spiro atoms. The predicted molar refractivity (Wildman–Crippen MR) is 244 cm³/mol. The lowest BCUT2D eigenvalue weighted by Gasteiger charge is -2.46. The maximum atomic E-state index is 15.1. The molecular weight excluding hydrogens is 784 g/mol. The molecule has 0 unspecified atom stereocenters. The molecular formula is C47H58Cl2N4O2SSi. The third-order valence-electron chi connectivity index (χ3n) is 11.3. The monoisotopic (exact) mass is 840 g/mol. The molecule has 0 aliphatic carbocycles. The Kier molecular flexibility index (Phi) is 13.2. The number of hydrogen-bond acceptors (Lipinski definition) is 6. The van der Waals surface area contributed by atoms with Crippen molar-refractivity contribution in [1.82, 2.24) is 14.7 Å². The molecule has 0 bridgehead atoms. The number of aliphatic imine (C=N–C) groups is 1. The van der Waals surface area contributed by atoms with Gasteiger partial charge < -0.3 is 19.1 Å². The lowest BCUT2D eigenvalue weighted by atomic mass is 9.81. The number of benzene rings is 4. The Morgan fingerprint density at radius 3 is 1.86 bits per heavy atom. The summed E-state index contributed by atoms with van der Waals surface area (Å²) in [5.41, 5.74) is 2.50. The summed E-state index contributed by atoms with van der Waals surface area (Å²) in [6, 6.07) is 37.4. The number of fused-ring (bicyclic) bond motifs is 1. The summed E-state index contributed by atoms with van der Waals surface area (Å²) in [5.74, 6) is 0.0911. The normalized spacial score (nSPS) is 19.1. The number of amides is 1. The van der Waals surface area contributed by atoms with E-state index in [9.17, 15) is 0 Å². The van der Waals surface area contributed by atoms with Crippen LogP contribution in [0.1, 0.15) is 79.0 Å². The van der Waals surface area contributed by atoms with Gasteiger partial charge in [0.2, 0.25) is 0 Å². The third-order valence-corrected chi connectivity index (χ3v) is 17.9. The highest BCUT2D eigenvalue weighted by Gasteiger charge is 2.54. The van der Waals surface area contributed by atoms with Gasteiger partial charge in [-0.05, 0) is 110 Å². The van der Waals surface area contributed by atoms with Crippen LogP contribution >= 0.6 is 35.0 Å². The van der Waals surface area contributed by atoms with Gasteiger partial charge in [0.25, 0.3) is 14.2 Å². The van der Waals surface area contributed by atoms with Crippen LogP contribution in [0.2, 0.25) is 15.1 Å². The summed E-state index contributed by atoms with van der Waals surface area (Å²) < 4.78 is 7.68. The van der Waals surface area contributed by atoms with Crippen LogP contribution in [0.15, 0.2) is 125 Å². The van der Waals surface area contributed by atoms with Crippen LogP contribution in [0.3, 0.4) is 0 Å². The first-order valence-electron chi connectivity index (χ1n) is 20.0. The largest absolute Gasteiger partial charge is 0.403 e. The molecule has 0 aromatic heterocycles. The number of thioether (sulfide) groups is 1. The second-order valence-electron chi connectivity index (χ2n) is 17.4. The Labute approximate surface area is 356 Å². The van der Waals surface area contributed by atoms with Crippen LogP contribution in [0.4, 0.5) is 0 Å². The van der Waals surface area contributed by atoms with Crippen LogP contribution in [0.25, 0.3) is 0 Å². The van der Waals surface area contributed by atoms with Gasteiger partial charge in [-0.2, -0.15) is 0 Å². The van der Waals surface area contributed by atoms with E-state index in [1.165, 1.54) is 22.1 Å². The molecule has 4 aromatic rings. The van der Waals surface area contributed by atoms with Crippen molar-refractivity contribution in [2.45, 2.75) is 90.6 Å². The summed E-state index contributed by atoms with van der Waals surface area (Å²) >= 11 is 14.3. The van der Waals surface area contributed by atoms with Gasteiger partial charge in [0.05, 0.1) is 12.1 Å². The Hall–Kier alpha value is -3.37. The van der Waals surface area contributed by atoms with Gasteiger partial charge in [-0.3, -0.25) is 4.79 Å². The smallest absolute Gasteiger partial charge is 0.262 e.